The number of rotatable bonds is 0. The molecule has 0 saturated heterocycles. The van der Waals surface area contributed by atoms with Gasteiger partial charge in [0, 0.05) is 12.4 Å². The Hall–Kier alpha value is -1.65. The van der Waals surface area contributed by atoms with Crippen LogP contribution in [-0.4, -0.2) is 14.1 Å². The first-order chi connectivity index (χ1) is 4.79. The summed E-state index contributed by atoms with van der Waals surface area (Å²) in [6, 6.07) is 0. The van der Waals surface area contributed by atoms with Crippen LogP contribution in [0.15, 0.2) is 18.7 Å². The van der Waals surface area contributed by atoms with Crippen LogP contribution >= 0.6 is 0 Å². The Balaban J connectivity index is 2.98. The molecule has 0 aliphatic rings. The average Bonchev–Trinajstić information content (AvgIpc) is 2.40. The second-order valence-electron chi connectivity index (χ2n) is 2.07. The maximum Gasteiger partial charge on any atom is 0.179 e. The van der Waals surface area contributed by atoms with Crippen molar-refractivity contribution in [2.45, 2.75) is 0 Å². The third-order valence-corrected chi connectivity index (χ3v) is 1.43. The van der Waals surface area contributed by atoms with Crippen LogP contribution in [-0.2, 0) is 0 Å². The molecule has 0 spiro atoms. The highest BCUT2D eigenvalue weighted by atomic mass is 15.3. The molecule has 0 radical (unpaired) electrons. The highest BCUT2D eigenvalue weighted by Gasteiger charge is 2.02. The van der Waals surface area contributed by atoms with Gasteiger partial charge in [-0.05, 0) is 0 Å². The molecule has 0 saturated carbocycles. The topological polar surface area (TPSA) is 74.3 Å². The molecule has 10 heavy (non-hydrogen) atoms. The van der Waals surface area contributed by atoms with Crippen molar-refractivity contribution in [1.82, 2.24) is 14.1 Å². The van der Waals surface area contributed by atoms with Crippen molar-refractivity contribution in [2.24, 2.45) is 0 Å². The van der Waals surface area contributed by atoms with Gasteiger partial charge in [0.05, 0.1) is 0 Å². The zero-order valence-electron chi connectivity index (χ0n) is 5.23. The number of fused-ring (bicyclic) bond motifs is 1. The summed E-state index contributed by atoms with van der Waals surface area (Å²) in [5.74, 6) is 5.95. The number of aromatic nitrogens is 3. The summed E-state index contributed by atoms with van der Waals surface area (Å²) < 4.78 is 3.19. The maximum absolute atomic E-state index is 5.50. The van der Waals surface area contributed by atoms with E-state index in [1.807, 2.05) is 0 Å². The molecule has 0 aliphatic carbocycles. The highest BCUT2D eigenvalue weighted by Crippen LogP contribution is 2.08. The minimum absolute atomic E-state index is 0.451. The molecule has 0 aliphatic heterocycles. The fraction of sp³-hybridized carbons (Fsp3) is 0. The Labute approximate surface area is 56.8 Å². The molecule has 2 heterocycles. The number of hydrogen-bond acceptors (Lipinski definition) is 3. The first-order valence-electron chi connectivity index (χ1n) is 2.83. The Morgan fingerprint density at radius 1 is 1.40 bits per heavy atom. The zero-order valence-corrected chi connectivity index (χ0v) is 5.23. The Bertz CT molecular complexity index is 325. The van der Waals surface area contributed by atoms with E-state index in [0.29, 0.717) is 5.82 Å². The number of nitrogen functional groups attached to an aromatic ring is 2. The van der Waals surface area contributed by atoms with Gasteiger partial charge in [0.2, 0.25) is 0 Å². The van der Waals surface area contributed by atoms with Gasteiger partial charge in [0.1, 0.15) is 6.33 Å². The van der Waals surface area contributed by atoms with E-state index < -0.39 is 0 Å². The van der Waals surface area contributed by atoms with Gasteiger partial charge in [-0.3, -0.25) is 4.40 Å². The van der Waals surface area contributed by atoms with Crippen molar-refractivity contribution in [3.05, 3.63) is 18.7 Å². The summed E-state index contributed by atoms with van der Waals surface area (Å²) in [6.07, 6.45) is 5.13. The van der Waals surface area contributed by atoms with Crippen LogP contribution in [0.4, 0.5) is 5.82 Å². The molecular formula is C5H7N5. The van der Waals surface area contributed by atoms with Crippen molar-refractivity contribution in [3.8, 4) is 0 Å². The number of anilines is 1. The van der Waals surface area contributed by atoms with Gasteiger partial charge >= 0.3 is 0 Å². The monoisotopic (exact) mass is 137 g/mol. The van der Waals surface area contributed by atoms with E-state index in [-0.39, 0.29) is 0 Å². The quantitative estimate of drug-likeness (QED) is 0.477. The normalized spacial score (nSPS) is 10.8. The summed E-state index contributed by atoms with van der Waals surface area (Å²) in [4.78, 5) is 3.86. The number of nitrogens with zero attached hydrogens (tertiary/aromatic N) is 3. The molecule has 52 valence electrons. The molecule has 2 rings (SSSR count). The summed E-state index contributed by atoms with van der Waals surface area (Å²) >= 11 is 0. The van der Waals surface area contributed by atoms with Gasteiger partial charge in [-0.15, -0.1) is 0 Å². The van der Waals surface area contributed by atoms with Crippen LogP contribution in [0.25, 0.3) is 5.65 Å². The van der Waals surface area contributed by atoms with Gasteiger partial charge in [0.15, 0.2) is 11.5 Å². The largest absolute Gasteiger partial charge is 0.381 e. The van der Waals surface area contributed by atoms with E-state index >= 15 is 0 Å². The molecular weight excluding hydrogens is 130 g/mol. The lowest BCUT2D eigenvalue weighted by Gasteiger charge is -1.90. The van der Waals surface area contributed by atoms with E-state index in [1.54, 1.807) is 23.1 Å². The maximum atomic E-state index is 5.50. The smallest absolute Gasteiger partial charge is 0.179 e. The van der Waals surface area contributed by atoms with Crippen LogP contribution in [0.3, 0.4) is 0 Å². The van der Waals surface area contributed by atoms with Crippen molar-refractivity contribution < 1.29 is 0 Å². The molecule has 0 aromatic carbocycles. The molecule has 5 heteroatoms. The highest BCUT2D eigenvalue weighted by molar-refractivity contribution is 5.60. The number of hydrogen-bond donors (Lipinski definition) is 2. The van der Waals surface area contributed by atoms with Gasteiger partial charge in [0.25, 0.3) is 0 Å². The van der Waals surface area contributed by atoms with E-state index in [4.69, 9.17) is 11.6 Å². The molecule has 2 aromatic heterocycles. The molecule has 0 unspecified atom stereocenters. The van der Waals surface area contributed by atoms with E-state index in [1.165, 1.54) is 4.68 Å². The first-order valence-corrected chi connectivity index (χ1v) is 2.83. The second-order valence-corrected chi connectivity index (χ2v) is 2.07. The molecule has 0 fully saturated rings. The predicted molar refractivity (Wildman–Crippen MR) is 37.7 cm³/mol. The fourth-order valence-corrected chi connectivity index (χ4v) is 0.958. The molecule has 0 amide bonds. The van der Waals surface area contributed by atoms with Crippen molar-refractivity contribution >= 4 is 11.5 Å². The minimum atomic E-state index is 0.451. The SMILES string of the molecule is Nc1ncn2ccn(N)c12. The Morgan fingerprint density at radius 2 is 2.20 bits per heavy atom. The van der Waals surface area contributed by atoms with Crippen LogP contribution < -0.4 is 11.6 Å². The molecule has 0 bridgehead atoms. The summed E-state index contributed by atoms with van der Waals surface area (Å²) in [5.41, 5.74) is 6.21. The lowest BCUT2D eigenvalue weighted by molar-refractivity contribution is 1.05. The van der Waals surface area contributed by atoms with Gasteiger partial charge in [-0.2, -0.15) is 0 Å². The first kappa shape index (κ1) is 5.16. The van der Waals surface area contributed by atoms with Crippen LogP contribution in [0.5, 0.6) is 0 Å². The molecule has 2 aromatic rings. The van der Waals surface area contributed by atoms with Gasteiger partial charge < -0.3 is 11.6 Å². The third kappa shape index (κ3) is 0.439. The summed E-state index contributed by atoms with van der Waals surface area (Å²) in [6.45, 7) is 0. The molecule has 0 atom stereocenters. The lowest BCUT2D eigenvalue weighted by Crippen LogP contribution is -2.06. The average molecular weight is 137 g/mol. The van der Waals surface area contributed by atoms with Crippen LogP contribution in [0.2, 0.25) is 0 Å². The number of imidazole rings is 2. The van der Waals surface area contributed by atoms with Gasteiger partial charge in [-0.25, -0.2) is 9.66 Å². The fourth-order valence-electron chi connectivity index (χ4n) is 0.958. The number of nitrogens with two attached hydrogens (primary N) is 2. The summed E-state index contributed by atoms with van der Waals surface area (Å²) in [5, 5.41) is 0. The van der Waals surface area contributed by atoms with Crippen molar-refractivity contribution in [3.63, 3.8) is 0 Å². The Kier molecular flexibility index (Phi) is 0.743. The van der Waals surface area contributed by atoms with Crippen LogP contribution in [0.1, 0.15) is 0 Å². The van der Waals surface area contributed by atoms with E-state index in [2.05, 4.69) is 4.98 Å². The van der Waals surface area contributed by atoms with E-state index in [9.17, 15) is 0 Å². The minimum Gasteiger partial charge on any atom is -0.381 e. The predicted octanol–water partition coefficient (Wildman–Crippen LogP) is -0.568. The van der Waals surface area contributed by atoms with E-state index in [0.717, 1.165) is 5.65 Å². The second kappa shape index (κ2) is 1.44. The molecule has 5 nitrogen and oxygen atoms in total. The van der Waals surface area contributed by atoms with Crippen LogP contribution in [0, 0.1) is 0 Å². The standard InChI is InChI=1S/C5H7N5/c6-4-5-9(3-8-4)1-2-10(5)7/h1-3H,6-7H2. The summed E-state index contributed by atoms with van der Waals surface area (Å²) in [7, 11) is 0. The van der Waals surface area contributed by atoms with Crippen molar-refractivity contribution in [1.29, 1.82) is 0 Å². The molecule has 4 N–H and O–H groups in total. The van der Waals surface area contributed by atoms with Crippen molar-refractivity contribution in [2.75, 3.05) is 11.6 Å². The Morgan fingerprint density at radius 3 is 2.90 bits per heavy atom. The van der Waals surface area contributed by atoms with Gasteiger partial charge in [-0.1, -0.05) is 0 Å². The lowest BCUT2D eigenvalue weighted by atomic mass is 10.7. The third-order valence-electron chi connectivity index (χ3n) is 1.43. The zero-order chi connectivity index (χ0) is 7.14.